The van der Waals surface area contributed by atoms with Crippen molar-refractivity contribution >= 4 is 40.7 Å². The molecule has 0 fully saturated rings. The third-order valence-electron chi connectivity index (χ3n) is 4.32. The molecule has 0 saturated heterocycles. The van der Waals surface area contributed by atoms with Crippen LogP contribution in [-0.4, -0.2) is 39.3 Å². The summed E-state index contributed by atoms with van der Waals surface area (Å²) >= 11 is 7.40. The van der Waals surface area contributed by atoms with E-state index in [1.54, 1.807) is 55.7 Å². The average Bonchev–Trinajstić information content (AvgIpc) is 3.15. The van der Waals surface area contributed by atoms with Crippen LogP contribution in [0.2, 0.25) is 5.02 Å². The highest BCUT2D eigenvalue weighted by Crippen LogP contribution is 2.33. The van der Waals surface area contributed by atoms with Crippen LogP contribution in [0, 0.1) is 0 Å². The Bertz CT molecular complexity index is 1130. The molecular weight excluding hydrogens is 436 g/mol. The first-order chi connectivity index (χ1) is 14.9. The number of carbonyl (C=O) groups excluding carboxylic acids is 2. The number of anilines is 1. The van der Waals surface area contributed by atoms with Gasteiger partial charge in [-0.15, -0.1) is 16.8 Å². The number of halogens is 1. The van der Waals surface area contributed by atoms with E-state index in [9.17, 15) is 9.59 Å². The number of carbonyl (C=O) groups is 2. The van der Waals surface area contributed by atoms with Gasteiger partial charge in [-0.05, 0) is 37.3 Å². The van der Waals surface area contributed by atoms with E-state index in [-0.39, 0.29) is 17.4 Å². The highest BCUT2D eigenvalue weighted by Gasteiger charge is 2.18. The van der Waals surface area contributed by atoms with Crippen molar-refractivity contribution in [2.45, 2.75) is 18.6 Å². The number of methoxy groups -OCH3 is 1. The second-order valence-corrected chi connectivity index (χ2v) is 7.90. The normalized spacial score (nSPS) is 10.5. The van der Waals surface area contributed by atoms with Gasteiger partial charge in [-0.1, -0.05) is 41.6 Å². The number of benzene rings is 2. The fraction of sp³-hybridized carbons (Fsp3) is 0.182. The first-order valence-electron chi connectivity index (χ1n) is 9.34. The molecule has 1 heterocycles. The minimum absolute atomic E-state index is 0.0630. The molecule has 0 atom stereocenters. The first-order valence-corrected chi connectivity index (χ1v) is 10.7. The topological polar surface area (TPSA) is 86.1 Å². The average molecular weight is 457 g/mol. The maximum Gasteiger partial charge on any atom is 0.234 e. The number of hydrogen-bond donors (Lipinski definition) is 1. The Morgan fingerprint density at radius 1 is 1.26 bits per heavy atom. The summed E-state index contributed by atoms with van der Waals surface area (Å²) in [5.74, 6) is 1.01. The van der Waals surface area contributed by atoms with Gasteiger partial charge in [0, 0.05) is 22.8 Å². The molecule has 0 saturated carbocycles. The lowest BCUT2D eigenvalue weighted by Gasteiger charge is -2.11. The smallest absolute Gasteiger partial charge is 0.234 e. The predicted molar refractivity (Wildman–Crippen MR) is 123 cm³/mol. The number of nitrogens with zero attached hydrogens (tertiary/aromatic N) is 3. The van der Waals surface area contributed by atoms with Gasteiger partial charge < -0.3 is 10.1 Å². The molecule has 160 valence electrons. The standard InChI is InChI=1S/C22H21ClN4O3S/c1-4-10-27-21(18-12-16(23)8-9-19(18)30-3)25-26-22(27)31-13-20(29)24-17-7-5-6-15(11-17)14(2)28/h4-9,11-12H,1,10,13H2,2-3H3,(H,24,29). The monoisotopic (exact) mass is 456 g/mol. The van der Waals surface area contributed by atoms with E-state index in [0.717, 1.165) is 0 Å². The number of thioether (sulfide) groups is 1. The van der Waals surface area contributed by atoms with Gasteiger partial charge in [0.1, 0.15) is 5.75 Å². The molecule has 3 aromatic rings. The van der Waals surface area contributed by atoms with Crippen LogP contribution in [0.5, 0.6) is 5.75 Å². The second kappa shape index (κ2) is 10.3. The lowest BCUT2D eigenvalue weighted by molar-refractivity contribution is -0.113. The summed E-state index contributed by atoms with van der Waals surface area (Å²) in [5.41, 5.74) is 1.80. The van der Waals surface area contributed by atoms with Crippen LogP contribution in [0.25, 0.3) is 11.4 Å². The van der Waals surface area contributed by atoms with Crippen LogP contribution in [-0.2, 0) is 11.3 Å². The zero-order valence-corrected chi connectivity index (χ0v) is 18.7. The van der Waals surface area contributed by atoms with Crippen molar-refractivity contribution in [3.05, 3.63) is 65.7 Å². The molecule has 0 aliphatic rings. The summed E-state index contributed by atoms with van der Waals surface area (Å²) in [6.45, 7) is 5.72. The van der Waals surface area contributed by atoms with E-state index < -0.39 is 0 Å². The van der Waals surface area contributed by atoms with Crippen molar-refractivity contribution < 1.29 is 14.3 Å². The van der Waals surface area contributed by atoms with Gasteiger partial charge in [-0.25, -0.2) is 0 Å². The van der Waals surface area contributed by atoms with Crippen molar-refractivity contribution in [2.75, 3.05) is 18.2 Å². The number of amides is 1. The first kappa shape index (κ1) is 22.6. The van der Waals surface area contributed by atoms with Crippen molar-refractivity contribution in [2.24, 2.45) is 0 Å². The number of allylic oxidation sites excluding steroid dienone is 1. The molecule has 0 radical (unpaired) electrons. The molecule has 1 N–H and O–H groups in total. The van der Waals surface area contributed by atoms with Gasteiger partial charge >= 0.3 is 0 Å². The molecule has 9 heteroatoms. The van der Waals surface area contributed by atoms with E-state index >= 15 is 0 Å². The fourth-order valence-electron chi connectivity index (χ4n) is 2.89. The lowest BCUT2D eigenvalue weighted by Crippen LogP contribution is -2.15. The van der Waals surface area contributed by atoms with Crippen LogP contribution >= 0.6 is 23.4 Å². The Balaban J connectivity index is 1.77. The van der Waals surface area contributed by atoms with E-state index in [1.165, 1.54) is 18.7 Å². The van der Waals surface area contributed by atoms with Gasteiger partial charge in [-0.3, -0.25) is 14.2 Å². The Kier molecular flexibility index (Phi) is 7.49. The lowest BCUT2D eigenvalue weighted by atomic mass is 10.1. The summed E-state index contributed by atoms with van der Waals surface area (Å²) in [6, 6.07) is 12.1. The third kappa shape index (κ3) is 5.53. The Hall–Kier alpha value is -3.10. The zero-order chi connectivity index (χ0) is 22.4. The van der Waals surface area contributed by atoms with E-state index in [4.69, 9.17) is 16.3 Å². The van der Waals surface area contributed by atoms with Crippen molar-refractivity contribution in [3.63, 3.8) is 0 Å². The minimum atomic E-state index is -0.222. The molecule has 31 heavy (non-hydrogen) atoms. The second-order valence-electron chi connectivity index (χ2n) is 6.52. The molecule has 3 rings (SSSR count). The number of Topliss-reactive ketones (excluding diaryl/α,β-unsaturated/α-hetero) is 1. The number of rotatable bonds is 9. The Labute approximate surface area is 189 Å². The molecule has 0 unspecified atom stereocenters. The van der Waals surface area contributed by atoms with E-state index in [0.29, 0.717) is 45.1 Å². The SMILES string of the molecule is C=CCn1c(SCC(=O)Nc2cccc(C(C)=O)c2)nnc1-c1cc(Cl)ccc1OC. The summed E-state index contributed by atoms with van der Waals surface area (Å²) in [4.78, 5) is 23.9. The molecule has 0 aliphatic carbocycles. The molecule has 2 aromatic carbocycles. The van der Waals surface area contributed by atoms with Crippen molar-refractivity contribution in [1.29, 1.82) is 0 Å². The summed E-state index contributed by atoms with van der Waals surface area (Å²) in [6.07, 6.45) is 1.72. The van der Waals surface area contributed by atoms with Gasteiger partial charge in [0.25, 0.3) is 0 Å². The Morgan fingerprint density at radius 3 is 2.77 bits per heavy atom. The maximum absolute atomic E-state index is 12.4. The highest BCUT2D eigenvalue weighted by molar-refractivity contribution is 7.99. The molecular formula is C22H21ClN4O3S. The quantitative estimate of drug-likeness (QED) is 0.284. The van der Waals surface area contributed by atoms with Crippen LogP contribution in [0.1, 0.15) is 17.3 Å². The van der Waals surface area contributed by atoms with Gasteiger partial charge in [0.05, 0.1) is 18.4 Å². The number of ketones is 1. The minimum Gasteiger partial charge on any atom is -0.496 e. The van der Waals surface area contributed by atoms with Crippen LogP contribution in [0.3, 0.4) is 0 Å². The largest absolute Gasteiger partial charge is 0.496 e. The third-order valence-corrected chi connectivity index (χ3v) is 5.52. The molecule has 0 bridgehead atoms. The molecule has 0 aliphatic heterocycles. The van der Waals surface area contributed by atoms with Gasteiger partial charge in [-0.2, -0.15) is 0 Å². The Morgan fingerprint density at radius 2 is 2.06 bits per heavy atom. The van der Waals surface area contributed by atoms with Crippen LogP contribution < -0.4 is 10.1 Å². The summed E-state index contributed by atoms with van der Waals surface area (Å²) in [7, 11) is 1.57. The number of nitrogens with one attached hydrogen (secondary N) is 1. The molecule has 1 amide bonds. The number of hydrogen-bond acceptors (Lipinski definition) is 6. The van der Waals surface area contributed by atoms with Gasteiger partial charge in [0.2, 0.25) is 5.91 Å². The van der Waals surface area contributed by atoms with Crippen LogP contribution in [0.15, 0.2) is 60.3 Å². The highest BCUT2D eigenvalue weighted by atomic mass is 35.5. The van der Waals surface area contributed by atoms with Gasteiger partial charge in [0.15, 0.2) is 16.8 Å². The van der Waals surface area contributed by atoms with E-state index in [1.807, 2.05) is 4.57 Å². The summed E-state index contributed by atoms with van der Waals surface area (Å²) < 4.78 is 7.27. The molecule has 1 aromatic heterocycles. The van der Waals surface area contributed by atoms with Crippen molar-refractivity contribution in [1.82, 2.24) is 14.8 Å². The summed E-state index contributed by atoms with van der Waals surface area (Å²) in [5, 5.41) is 12.4. The van der Waals surface area contributed by atoms with E-state index in [2.05, 4.69) is 22.1 Å². The molecule has 7 nitrogen and oxygen atoms in total. The van der Waals surface area contributed by atoms with Crippen molar-refractivity contribution in [3.8, 4) is 17.1 Å². The predicted octanol–water partition coefficient (Wildman–Crippen LogP) is 4.73. The zero-order valence-electron chi connectivity index (χ0n) is 17.1. The maximum atomic E-state index is 12.4. The number of aromatic nitrogens is 3. The molecule has 0 spiro atoms. The number of ether oxygens (including phenoxy) is 1. The van der Waals surface area contributed by atoms with Crippen LogP contribution in [0.4, 0.5) is 5.69 Å². The fourth-order valence-corrected chi connectivity index (χ4v) is 3.81.